The van der Waals surface area contributed by atoms with Crippen LogP contribution >= 0.6 is 0 Å². The average Bonchev–Trinajstić information content (AvgIpc) is 2.38. The molecule has 1 saturated heterocycles. The Morgan fingerprint density at radius 1 is 1.72 bits per heavy atom. The van der Waals surface area contributed by atoms with Crippen LogP contribution in [-0.2, 0) is 4.74 Å². The van der Waals surface area contributed by atoms with Gasteiger partial charge in [0.2, 0.25) is 11.8 Å². The Bertz CT molecular complexity index is 453. The summed E-state index contributed by atoms with van der Waals surface area (Å²) < 4.78 is 5.38. The maximum atomic E-state index is 10.6. The second-order valence-corrected chi connectivity index (χ2v) is 4.03. The zero-order chi connectivity index (χ0) is 13.1. The van der Waals surface area contributed by atoms with Crippen LogP contribution in [0.5, 0.6) is 0 Å². The molecule has 1 aliphatic heterocycles. The average molecular weight is 253 g/mol. The smallest absolute Gasteiger partial charge is 0.329 e. The molecule has 0 aromatic carbocycles. The van der Waals surface area contributed by atoms with Crippen molar-refractivity contribution in [3.05, 3.63) is 16.3 Å². The number of hydrogen-bond donors (Lipinski definition) is 1. The summed E-state index contributed by atoms with van der Waals surface area (Å²) in [7, 11) is 0. The van der Waals surface area contributed by atoms with Crippen LogP contribution in [0.25, 0.3) is 0 Å². The van der Waals surface area contributed by atoms with Crippen molar-refractivity contribution in [1.29, 1.82) is 0 Å². The van der Waals surface area contributed by atoms with Crippen molar-refractivity contribution in [1.82, 2.24) is 9.97 Å². The number of nitrogens with two attached hydrogens (primary N) is 1. The molecule has 18 heavy (non-hydrogen) atoms. The van der Waals surface area contributed by atoms with E-state index in [4.69, 9.17) is 10.5 Å². The van der Waals surface area contributed by atoms with Gasteiger partial charge in [0, 0.05) is 6.54 Å². The molecule has 1 fully saturated rings. The van der Waals surface area contributed by atoms with Gasteiger partial charge in [-0.25, -0.2) is 4.98 Å². The molecule has 1 aromatic rings. The number of nitro groups is 1. The first-order chi connectivity index (χ1) is 8.63. The standard InChI is InChI=1S/C10H15N5O3/c1-2-7-6-18-4-3-14(7)10-12-5-8(15(16)17)9(11)13-10/h5,7H,2-4,6H2,1H3,(H2,11,12,13). The summed E-state index contributed by atoms with van der Waals surface area (Å²) in [4.78, 5) is 20.1. The highest BCUT2D eigenvalue weighted by Crippen LogP contribution is 2.23. The van der Waals surface area contributed by atoms with Gasteiger partial charge in [0.1, 0.15) is 6.20 Å². The maximum absolute atomic E-state index is 10.6. The first kappa shape index (κ1) is 12.5. The highest BCUT2D eigenvalue weighted by Gasteiger charge is 2.25. The lowest BCUT2D eigenvalue weighted by Crippen LogP contribution is -2.46. The molecule has 2 heterocycles. The highest BCUT2D eigenvalue weighted by molar-refractivity contribution is 5.54. The van der Waals surface area contributed by atoms with Crippen LogP contribution in [0.3, 0.4) is 0 Å². The molecule has 8 nitrogen and oxygen atoms in total. The van der Waals surface area contributed by atoms with Crippen molar-refractivity contribution in [2.75, 3.05) is 30.4 Å². The Hall–Kier alpha value is -1.96. The second kappa shape index (κ2) is 5.13. The minimum absolute atomic E-state index is 0.105. The topological polar surface area (TPSA) is 107 Å². The van der Waals surface area contributed by atoms with Crippen LogP contribution in [0, 0.1) is 10.1 Å². The van der Waals surface area contributed by atoms with Crippen LogP contribution in [-0.4, -0.2) is 40.7 Å². The van der Waals surface area contributed by atoms with Gasteiger partial charge in [0.05, 0.1) is 24.2 Å². The van der Waals surface area contributed by atoms with E-state index in [9.17, 15) is 10.1 Å². The number of anilines is 2. The molecule has 0 radical (unpaired) electrons. The summed E-state index contributed by atoms with van der Waals surface area (Å²) in [5.74, 6) is 0.319. The molecule has 1 aliphatic rings. The van der Waals surface area contributed by atoms with Gasteiger partial charge in [-0.05, 0) is 6.42 Å². The van der Waals surface area contributed by atoms with Crippen LogP contribution in [0.4, 0.5) is 17.5 Å². The molecular formula is C10H15N5O3. The zero-order valence-corrected chi connectivity index (χ0v) is 10.1. The maximum Gasteiger partial charge on any atom is 0.329 e. The van der Waals surface area contributed by atoms with E-state index in [0.717, 1.165) is 12.6 Å². The Balaban J connectivity index is 2.27. The van der Waals surface area contributed by atoms with Gasteiger partial charge in [-0.15, -0.1) is 0 Å². The van der Waals surface area contributed by atoms with E-state index in [1.807, 2.05) is 11.8 Å². The normalized spacial score (nSPS) is 19.8. The largest absolute Gasteiger partial charge is 0.378 e. The fraction of sp³-hybridized carbons (Fsp3) is 0.600. The van der Waals surface area contributed by atoms with Gasteiger partial charge < -0.3 is 15.4 Å². The van der Waals surface area contributed by atoms with E-state index < -0.39 is 4.92 Å². The SMILES string of the molecule is CCC1COCCN1c1ncc([N+](=O)[O-])c(N)n1. The lowest BCUT2D eigenvalue weighted by molar-refractivity contribution is -0.384. The Morgan fingerprint density at radius 2 is 2.50 bits per heavy atom. The van der Waals surface area contributed by atoms with E-state index in [1.54, 1.807) is 0 Å². The number of nitrogen functional groups attached to an aromatic ring is 1. The second-order valence-electron chi connectivity index (χ2n) is 4.03. The predicted molar refractivity (Wildman–Crippen MR) is 65.3 cm³/mol. The van der Waals surface area contributed by atoms with Crippen LogP contribution < -0.4 is 10.6 Å². The van der Waals surface area contributed by atoms with Crippen molar-refractivity contribution >= 4 is 17.5 Å². The third-order valence-corrected chi connectivity index (χ3v) is 2.94. The molecule has 1 atom stereocenters. The lowest BCUT2D eigenvalue weighted by atomic mass is 10.2. The monoisotopic (exact) mass is 253 g/mol. The Morgan fingerprint density at radius 3 is 3.11 bits per heavy atom. The van der Waals surface area contributed by atoms with Gasteiger partial charge in [0.15, 0.2) is 0 Å². The summed E-state index contributed by atoms with van der Waals surface area (Å²) >= 11 is 0. The van der Waals surface area contributed by atoms with E-state index >= 15 is 0 Å². The molecule has 0 saturated carbocycles. The number of aromatic nitrogens is 2. The summed E-state index contributed by atoms with van der Waals surface area (Å²) in [6.07, 6.45) is 2.04. The summed E-state index contributed by atoms with van der Waals surface area (Å²) in [5.41, 5.74) is 5.30. The van der Waals surface area contributed by atoms with E-state index in [2.05, 4.69) is 9.97 Å². The third kappa shape index (κ3) is 2.33. The molecule has 1 aromatic heterocycles. The first-order valence-corrected chi connectivity index (χ1v) is 5.74. The molecule has 0 bridgehead atoms. The molecule has 2 N–H and O–H groups in total. The van der Waals surface area contributed by atoms with E-state index in [0.29, 0.717) is 25.7 Å². The number of nitrogens with zero attached hydrogens (tertiary/aromatic N) is 4. The lowest BCUT2D eigenvalue weighted by Gasteiger charge is -2.34. The van der Waals surface area contributed by atoms with Crippen molar-refractivity contribution < 1.29 is 9.66 Å². The van der Waals surface area contributed by atoms with Gasteiger partial charge in [-0.2, -0.15) is 4.98 Å². The zero-order valence-electron chi connectivity index (χ0n) is 10.1. The first-order valence-electron chi connectivity index (χ1n) is 5.74. The minimum Gasteiger partial charge on any atom is -0.378 e. The number of rotatable bonds is 3. The quantitative estimate of drug-likeness (QED) is 0.620. The number of hydrogen-bond acceptors (Lipinski definition) is 7. The fourth-order valence-corrected chi connectivity index (χ4v) is 1.91. The number of ether oxygens (including phenoxy) is 1. The molecule has 2 rings (SSSR count). The van der Waals surface area contributed by atoms with E-state index in [1.165, 1.54) is 0 Å². The summed E-state index contributed by atoms with van der Waals surface area (Å²) in [6.45, 7) is 3.91. The van der Waals surface area contributed by atoms with Crippen molar-refractivity contribution in [2.45, 2.75) is 19.4 Å². The van der Waals surface area contributed by atoms with Crippen LogP contribution in [0.15, 0.2) is 6.20 Å². The summed E-state index contributed by atoms with van der Waals surface area (Å²) in [5, 5.41) is 10.6. The van der Waals surface area contributed by atoms with Crippen LogP contribution in [0.2, 0.25) is 0 Å². The fourth-order valence-electron chi connectivity index (χ4n) is 1.91. The molecule has 8 heteroatoms. The Kier molecular flexibility index (Phi) is 3.56. The highest BCUT2D eigenvalue weighted by atomic mass is 16.6. The third-order valence-electron chi connectivity index (χ3n) is 2.94. The minimum atomic E-state index is -0.588. The van der Waals surface area contributed by atoms with Gasteiger partial charge in [-0.1, -0.05) is 6.92 Å². The van der Waals surface area contributed by atoms with Crippen LogP contribution in [0.1, 0.15) is 13.3 Å². The van der Waals surface area contributed by atoms with E-state index in [-0.39, 0.29) is 17.5 Å². The predicted octanol–water partition coefficient (Wildman–Crippen LogP) is 0.582. The molecule has 0 aliphatic carbocycles. The van der Waals surface area contributed by atoms with Gasteiger partial charge in [-0.3, -0.25) is 10.1 Å². The summed E-state index contributed by atoms with van der Waals surface area (Å²) in [6, 6.07) is 0.180. The molecular weight excluding hydrogens is 238 g/mol. The van der Waals surface area contributed by atoms with Crippen molar-refractivity contribution in [3.8, 4) is 0 Å². The molecule has 98 valence electrons. The molecule has 0 spiro atoms. The molecule has 0 amide bonds. The Labute approximate surface area is 104 Å². The van der Waals surface area contributed by atoms with Crippen molar-refractivity contribution in [2.24, 2.45) is 0 Å². The van der Waals surface area contributed by atoms with Gasteiger partial charge >= 0.3 is 5.69 Å². The number of morpholine rings is 1. The van der Waals surface area contributed by atoms with Crippen molar-refractivity contribution in [3.63, 3.8) is 0 Å². The van der Waals surface area contributed by atoms with Gasteiger partial charge in [0.25, 0.3) is 0 Å². The molecule has 1 unspecified atom stereocenters.